The van der Waals surface area contributed by atoms with Crippen molar-refractivity contribution in [1.82, 2.24) is 14.6 Å². The van der Waals surface area contributed by atoms with Crippen LogP contribution in [0.1, 0.15) is 11.8 Å². The molecule has 0 radical (unpaired) electrons. The number of fused-ring (bicyclic) bond motifs is 1. The molecule has 1 aliphatic rings. The highest BCUT2D eigenvalue weighted by Gasteiger charge is 2.55. The number of aromatic nitrogens is 3. The second kappa shape index (κ2) is 4.66. The smallest absolute Gasteiger partial charge is 0.180 e. The monoisotopic (exact) mass is 292 g/mol. The molecule has 0 aromatic carbocycles. The molecule has 4 unspecified atom stereocenters. The number of anilines is 1. The molecule has 110 valence electrons. The van der Waals surface area contributed by atoms with Gasteiger partial charge in [0.1, 0.15) is 24.1 Å². The Labute approximate surface area is 119 Å². The van der Waals surface area contributed by atoms with Gasteiger partial charge in [-0.25, -0.2) is 13.9 Å². The molecule has 4 atom stereocenters. The highest BCUT2D eigenvalue weighted by Crippen LogP contribution is 2.41. The minimum atomic E-state index is -1.80. The lowest BCUT2D eigenvalue weighted by Gasteiger charge is -2.23. The molecule has 0 bridgehead atoms. The van der Waals surface area contributed by atoms with Crippen LogP contribution < -0.4 is 5.73 Å². The van der Waals surface area contributed by atoms with Crippen LogP contribution in [0.15, 0.2) is 18.5 Å². The van der Waals surface area contributed by atoms with E-state index in [1.165, 1.54) is 10.8 Å². The third-order valence-corrected chi connectivity index (χ3v) is 3.69. The van der Waals surface area contributed by atoms with E-state index in [9.17, 15) is 14.6 Å². The molecule has 3 heterocycles. The summed E-state index contributed by atoms with van der Waals surface area (Å²) in [5.41, 5.74) is 4.75. The van der Waals surface area contributed by atoms with Gasteiger partial charge >= 0.3 is 0 Å². The molecular weight excluding hydrogens is 279 g/mol. The van der Waals surface area contributed by atoms with Crippen molar-refractivity contribution in [3.05, 3.63) is 24.2 Å². The Bertz CT molecular complexity index is 728. The normalized spacial score (nSPS) is 32.4. The van der Waals surface area contributed by atoms with E-state index in [1.54, 1.807) is 12.1 Å². The van der Waals surface area contributed by atoms with E-state index < -0.39 is 30.6 Å². The molecule has 0 spiro atoms. The average molecular weight is 292 g/mol. The third kappa shape index (κ3) is 1.79. The standard InChI is InChI=1S/C13H13FN4O3/c1-2-13(5-19)11(20)9(14)10(21-13)7-3-4-8-12(15)16-6-17-18(7)8/h1,3-4,6,9-11,19-20H,5H2,(H2,15,16,17). The van der Waals surface area contributed by atoms with Gasteiger partial charge < -0.3 is 20.7 Å². The molecule has 1 saturated heterocycles. The number of halogens is 1. The van der Waals surface area contributed by atoms with Gasteiger partial charge in [-0.05, 0) is 12.1 Å². The lowest BCUT2D eigenvalue weighted by molar-refractivity contribution is -0.0732. The van der Waals surface area contributed by atoms with Crippen LogP contribution in [0.3, 0.4) is 0 Å². The maximum Gasteiger partial charge on any atom is 0.180 e. The molecule has 2 aromatic rings. The number of alkyl halides is 1. The Hall–Kier alpha value is -2.21. The van der Waals surface area contributed by atoms with Crippen LogP contribution in [0, 0.1) is 12.3 Å². The van der Waals surface area contributed by atoms with E-state index in [0.29, 0.717) is 11.2 Å². The summed E-state index contributed by atoms with van der Waals surface area (Å²) in [6.45, 7) is -0.692. The second-order valence-corrected chi connectivity index (χ2v) is 4.82. The number of terminal acetylenes is 1. The van der Waals surface area contributed by atoms with Crippen LogP contribution in [-0.4, -0.2) is 49.3 Å². The zero-order valence-electron chi connectivity index (χ0n) is 10.8. The van der Waals surface area contributed by atoms with Crippen molar-refractivity contribution in [1.29, 1.82) is 0 Å². The third-order valence-electron chi connectivity index (χ3n) is 3.69. The molecule has 8 heteroatoms. The van der Waals surface area contributed by atoms with Crippen LogP contribution in [0.4, 0.5) is 10.2 Å². The number of hydrogen-bond donors (Lipinski definition) is 3. The number of nitrogen functional groups attached to an aromatic ring is 1. The highest BCUT2D eigenvalue weighted by atomic mass is 19.1. The van der Waals surface area contributed by atoms with E-state index in [-0.39, 0.29) is 5.82 Å². The summed E-state index contributed by atoms with van der Waals surface area (Å²) < 4.78 is 21.2. The van der Waals surface area contributed by atoms with Crippen molar-refractivity contribution in [2.24, 2.45) is 0 Å². The largest absolute Gasteiger partial charge is 0.392 e. The summed E-state index contributed by atoms with van der Waals surface area (Å²) in [7, 11) is 0. The molecule has 1 aliphatic heterocycles. The van der Waals surface area contributed by atoms with Gasteiger partial charge in [-0.2, -0.15) is 5.10 Å². The SMILES string of the molecule is C#CC1(CO)OC(c2ccc3c(N)ncnn23)C(F)C1O. The highest BCUT2D eigenvalue weighted by molar-refractivity contribution is 5.65. The van der Waals surface area contributed by atoms with E-state index in [4.69, 9.17) is 16.9 Å². The first-order chi connectivity index (χ1) is 10.0. The number of nitrogens with zero attached hydrogens (tertiary/aromatic N) is 3. The van der Waals surface area contributed by atoms with Crippen molar-refractivity contribution in [2.75, 3.05) is 12.3 Å². The predicted octanol–water partition coefficient (Wildman–Crippen LogP) is -0.554. The number of nitrogens with two attached hydrogens (primary N) is 1. The number of ether oxygens (including phenoxy) is 1. The topological polar surface area (TPSA) is 106 Å². The minimum Gasteiger partial charge on any atom is -0.392 e. The van der Waals surface area contributed by atoms with E-state index >= 15 is 0 Å². The number of rotatable bonds is 2. The van der Waals surface area contributed by atoms with Crippen LogP contribution >= 0.6 is 0 Å². The first-order valence-electron chi connectivity index (χ1n) is 6.21. The molecule has 4 N–H and O–H groups in total. The van der Waals surface area contributed by atoms with Crippen LogP contribution in [0.25, 0.3) is 5.52 Å². The van der Waals surface area contributed by atoms with Gasteiger partial charge in [0.2, 0.25) is 0 Å². The Morgan fingerprint density at radius 1 is 1.57 bits per heavy atom. The lowest BCUT2D eigenvalue weighted by atomic mass is 9.96. The fourth-order valence-electron chi connectivity index (χ4n) is 2.49. The molecule has 21 heavy (non-hydrogen) atoms. The fourth-order valence-corrected chi connectivity index (χ4v) is 2.49. The first-order valence-corrected chi connectivity index (χ1v) is 6.21. The summed E-state index contributed by atoms with van der Waals surface area (Å²) in [5, 5.41) is 23.3. The van der Waals surface area contributed by atoms with Crippen molar-refractivity contribution >= 4 is 11.3 Å². The quantitative estimate of drug-likeness (QED) is 0.641. The number of hydrogen-bond acceptors (Lipinski definition) is 6. The minimum absolute atomic E-state index is 0.232. The van der Waals surface area contributed by atoms with Crippen molar-refractivity contribution < 1.29 is 19.3 Å². The van der Waals surface area contributed by atoms with Gasteiger partial charge in [0, 0.05) is 0 Å². The average Bonchev–Trinajstić information content (AvgIpc) is 3.02. The van der Waals surface area contributed by atoms with E-state index in [2.05, 4.69) is 16.0 Å². The van der Waals surface area contributed by atoms with Crippen LogP contribution in [-0.2, 0) is 4.74 Å². The molecule has 0 amide bonds. The Morgan fingerprint density at radius 2 is 2.33 bits per heavy atom. The van der Waals surface area contributed by atoms with Crippen LogP contribution in [0.5, 0.6) is 0 Å². The summed E-state index contributed by atoms with van der Waals surface area (Å²) in [6, 6.07) is 3.18. The maximum absolute atomic E-state index is 14.4. The number of aliphatic hydroxyl groups excluding tert-OH is 2. The Balaban J connectivity index is 2.08. The van der Waals surface area contributed by atoms with Gasteiger partial charge in [0.15, 0.2) is 17.6 Å². The molecule has 7 nitrogen and oxygen atoms in total. The van der Waals surface area contributed by atoms with Crippen LogP contribution in [0.2, 0.25) is 0 Å². The Morgan fingerprint density at radius 3 is 2.95 bits per heavy atom. The summed E-state index contributed by atoms with van der Waals surface area (Å²) in [4.78, 5) is 3.83. The molecule has 2 aromatic heterocycles. The Kier molecular flexibility index (Phi) is 3.06. The van der Waals surface area contributed by atoms with Gasteiger partial charge in [0.25, 0.3) is 0 Å². The molecular formula is C13H13FN4O3. The van der Waals surface area contributed by atoms with Gasteiger partial charge in [0.05, 0.1) is 12.3 Å². The zero-order valence-corrected chi connectivity index (χ0v) is 10.8. The predicted molar refractivity (Wildman–Crippen MR) is 70.8 cm³/mol. The fraction of sp³-hybridized carbons (Fsp3) is 0.385. The van der Waals surface area contributed by atoms with Gasteiger partial charge in [-0.3, -0.25) is 0 Å². The first kappa shape index (κ1) is 13.8. The molecule has 3 rings (SSSR count). The molecule has 1 fully saturated rings. The van der Waals surface area contributed by atoms with E-state index in [0.717, 1.165) is 0 Å². The van der Waals surface area contributed by atoms with Crippen molar-refractivity contribution in [3.63, 3.8) is 0 Å². The summed E-state index contributed by atoms with van der Waals surface area (Å²) in [5.74, 6) is 2.36. The van der Waals surface area contributed by atoms with E-state index in [1.807, 2.05) is 0 Å². The number of aliphatic hydroxyl groups is 2. The van der Waals surface area contributed by atoms with Gasteiger partial charge in [-0.1, -0.05) is 5.92 Å². The summed E-state index contributed by atoms with van der Waals surface area (Å²) >= 11 is 0. The molecule has 0 aliphatic carbocycles. The maximum atomic E-state index is 14.4. The second-order valence-electron chi connectivity index (χ2n) is 4.82. The van der Waals surface area contributed by atoms with Crippen molar-refractivity contribution in [3.8, 4) is 12.3 Å². The van der Waals surface area contributed by atoms with Crippen molar-refractivity contribution in [2.45, 2.75) is 24.0 Å². The van der Waals surface area contributed by atoms with Gasteiger partial charge in [-0.15, -0.1) is 6.42 Å². The zero-order chi connectivity index (χ0) is 15.2. The summed E-state index contributed by atoms with van der Waals surface area (Å²) in [6.07, 6.45) is 1.89. The molecule has 0 saturated carbocycles. The lowest BCUT2D eigenvalue weighted by Crippen LogP contribution is -2.44.